The fourth-order valence-electron chi connectivity index (χ4n) is 5.82. The summed E-state index contributed by atoms with van der Waals surface area (Å²) in [6, 6.07) is 15.7. The van der Waals surface area contributed by atoms with Crippen LogP contribution >= 0.6 is 11.6 Å². The summed E-state index contributed by atoms with van der Waals surface area (Å²) in [6.45, 7) is 2.45. The highest BCUT2D eigenvalue weighted by Crippen LogP contribution is 2.35. The number of carbonyl (C=O) groups is 1. The third-order valence-electron chi connectivity index (χ3n) is 8.13. The van der Waals surface area contributed by atoms with Crippen LogP contribution in [0.25, 0.3) is 39.0 Å². The number of piperazine rings is 1. The number of amides is 1. The van der Waals surface area contributed by atoms with Crippen LogP contribution in [0.15, 0.2) is 54.5 Å². The Morgan fingerprint density at radius 2 is 2.09 bits per heavy atom. The molecular formula is C32H31ClFN7O2. The number of fused-ring (bicyclic) bond motifs is 2. The van der Waals surface area contributed by atoms with E-state index in [1.165, 1.54) is 4.90 Å². The van der Waals surface area contributed by atoms with E-state index in [1.807, 2.05) is 42.5 Å². The number of hydrogen-bond acceptors (Lipinski definition) is 8. The zero-order valence-electron chi connectivity index (χ0n) is 23.8. The van der Waals surface area contributed by atoms with Gasteiger partial charge in [-0.2, -0.15) is 15.2 Å². The second-order valence-corrected chi connectivity index (χ2v) is 11.4. The summed E-state index contributed by atoms with van der Waals surface area (Å²) in [5, 5.41) is 14.7. The molecular weight excluding hydrogens is 569 g/mol. The van der Waals surface area contributed by atoms with Gasteiger partial charge in [0, 0.05) is 60.0 Å². The van der Waals surface area contributed by atoms with E-state index in [-0.39, 0.29) is 36.8 Å². The van der Waals surface area contributed by atoms with E-state index < -0.39 is 11.7 Å². The van der Waals surface area contributed by atoms with Gasteiger partial charge in [0.1, 0.15) is 12.1 Å². The van der Waals surface area contributed by atoms with Gasteiger partial charge in [-0.05, 0) is 49.5 Å². The lowest BCUT2D eigenvalue weighted by atomic mass is 9.99. The Bertz CT molecular complexity index is 1750. The molecule has 2 aromatic carbocycles. The molecule has 2 saturated heterocycles. The summed E-state index contributed by atoms with van der Waals surface area (Å²) in [7, 11) is 2.06. The molecule has 6 rings (SSSR count). The molecule has 4 heterocycles. The fourth-order valence-corrected chi connectivity index (χ4v) is 6.10. The zero-order chi connectivity index (χ0) is 29.9. The number of halogens is 2. The van der Waals surface area contributed by atoms with Crippen molar-refractivity contribution in [2.45, 2.75) is 31.3 Å². The lowest BCUT2D eigenvalue weighted by Crippen LogP contribution is -2.52. The van der Waals surface area contributed by atoms with E-state index >= 15 is 4.39 Å². The summed E-state index contributed by atoms with van der Waals surface area (Å²) in [5.41, 5.74) is 2.61. The summed E-state index contributed by atoms with van der Waals surface area (Å²) >= 11 is 6.60. The predicted octanol–water partition coefficient (Wildman–Crippen LogP) is 5.00. The number of pyridine rings is 1. The monoisotopic (exact) mass is 599 g/mol. The molecule has 2 atom stereocenters. The maximum atomic E-state index is 15.5. The highest BCUT2D eigenvalue weighted by Gasteiger charge is 2.26. The molecule has 0 spiro atoms. The standard InChI is InChI=1S/C32H31ClFN7O2/c1-40-13-4-7-23(40)19-43-32-38-27-15-21(24-8-2-5-20-6-3-9-25(33)29(20)24)17-37-30(27)28(39-32)16-26(34)31(42)41-14-12-36-22(18-41)10-11-35/h2-3,5-6,8-9,15-17,22-23,36H,4,7,10,12-14,18-19H2,1H3/t22-,23-/m0/s1. The van der Waals surface area contributed by atoms with Gasteiger partial charge in [0.15, 0.2) is 5.83 Å². The van der Waals surface area contributed by atoms with Gasteiger partial charge < -0.3 is 19.9 Å². The number of nitriles is 1. The van der Waals surface area contributed by atoms with Crippen LogP contribution in [0, 0.1) is 11.3 Å². The average molecular weight is 600 g/mol. The Balaban J connectivity index is 1.39. The second kappa shape index (κ2) is 12.6. The molecule has 11 heteroatoms. The number of hydrogen-bond donors (Lipinski definition) is 1. The second-order valence-electron chi connectivity index (χ2n) is 11.0. The van der Waals surface area contributed by atoms with E-state index in [1.54, 1.807) is 6.20 Å². The summed E-state index contributed by atoms with van der Waals surface area (Å²) < 4.78 is 21.6. The van der Waals surface area contributed by atoms with Gasteiger partial charge >= 0.3 is 6.01 Å². The van der Waals surface area contributed by atoms with Crippen LogP contribution in [0.1, 0.15) is 25.0 Å². The van der Waals surface area contributed by atoms with Crippen molar-refractivity contribution in [2.75, 3.05) is 39.8 Å². The third-order valence-corrected chi connectivity index (χ3v) is 8.45. The van der Waals surface area contributed by atoms with Gasteiger partial charge in [-0.15, -0.1) is 0 Å². The van der Waals surface area contributed by atoms with Crippen LogP contribution in [0.4, 0.5) is 4.39 Å². The minimum absolute atomic E-state index is 0.0884. The number of likely N-dealkylation sites (N-methyl/N-ethyl adjacent to an activating group) is 1. The van der Waals surface area contributed by atoms with Crippen molar-refractivity contribution in [3.05, 3.63) is 65.2 Å². The Hall–Kier alpha value is -4.17. The number of rotatable bonds is 7. The number of aromatic nitrogens is 3. The molecule has 43 heavy (non-hydrogen) atoms. The quantitative estimate of drug-likeness (QED) is 0.296. The molecule has 0 aliphatic carbocycles. The van der Waals surface area contributed by atoms with Crippen molar-refractivity contribution < 1.29 is 13.9 Å². The third kappa shape index (κ3) is 6.15. The minimum Gasteiger partial charge on any atom is -0.462 e. The van der Waals surface area contributed by atoms with E-state index in [9.17, 15) is 4.79 Å². The first kappa shape index (κ1) is 28.9. The summed E-state index contributed by atoms with van der Waals surface area (Å²) in [5.74, 6) is -1.72. The Morgan fingerprint density at radius 3 is 2.88 bits per heavy atom. The number of nitrogens with one attached hydrogen (secondary N) is 1. The van der Waals surface area contributed by atoms with Crippen LogP contribution in [0.5, 0.6) is 6.01 Å². The van der Waals surface area contributed by atoms with Crippen molar-refractivity contribution in [3.8, 4) is 23.2 Å². The van der Waals surface area contributed by atoms with Crippen LogP contribution in [0.3, 0.4) is 0 Å². The molecule has 2 fully saturated rings. The Labute approximate surface area is 253 Å². The molecule has 0 bridgehead atoms. The maximum absolute atomic E-state index is 15.5. The van der Waals surface area contributed by atoms with Gasteiger partial charge in [0.05, 0.1) is 23.7 Å². The summed E-state index contributed by atoms with van der Waals surface area (Å²) in [4.78, 5) is 30.5. The summed E-state index contributed by atoms with van der Waals surface area (Å²) in [6.07, 6.45) is 5.11. The van der Waals surface area contributed by atoms with Gasteiger partial charge in [-0.25, -0.2) is 4.39 Å². The van der Waals surface area contributed by atoms with Crippen LogP contribution in [-0.4, -0.2) is 82.6 Å². The molecule has 2 aliphatic heterocycles. The SMILES string of the molecule is CN1CCC[C@H]1COc1nc(C=C(F)C(=O)N2CCN[C@@H](CC#N)C2)c2ncc(-c3cccc4cccc(Cl)c34)cc2n1. The lowest BCUT2D eigenvalue weighted by Gasteiger charge is -2.32. The van der Waals surface area contributed by atoms with E-state index in [0.29, 0.717) is 35.8 Å². The number of likely N-dealkylation sites (tertiary alicyclic amines) is 1. The van der Waals surface area contributed by atoms with Gasteiger partial charge in [-0.3, -0.25) is 9.78 Å². The van der Waals surface area contributed by atoms with Crippen molar-refractivity contribution in [2.24, 2.45) is 0 Å². The topological polar surface area (TPSA) is 107 Å². The van der Waals surface area contributed by atoms with E-state index in [0.717, 1.165) is 47.4 Å². The maximum Gasteiger partial charge on any atom is 0.317 e. The molecule has 1 amide bonds. The van der Waals surface area contributed by atoms with E-state index in [2.05, 4.69) is 38.3 Å². The average Bonchev–Trinajstić information content (AvgIpc) is 3.43. The highest BCUT2D eigenvalue weighted by atomic mass is 35.5. The Morgan fingerprint density at radius 1 is 1.26 bits per heavy atom. The first-order valence-electron chi connectivity index (χ1n) is 14.4. The van der Waals surface area contributed by atoms with Crippen molar-refractivity contribution in [1.82, 2.24) is 30.1 Å². The first-order chi connectivity index (χ1) is 20.9. The zero-order valence-corrected chi connectivity index (χ0v) is 24.5. The molecule has 2 aliphatic rings. The van der Waals surface area contributed by atoms with Crippen molar-refractivity contribution in [3.63, 3.8) is 0 Å². The molecule has 4 aromatic rings. The molecule has 0 saturated carbocycles. The minimum atomic E-state index is -0.967. The molecule has 0 radical (unpaired) electrons. The largest absolute Gasteiger partial charge is 0.462 e. The number of ether oxygens (including phenoxy) is 1. The van der Waals surface area contributed by atoms with Crippen molar-refractivity contribution >= 4 is 45.4 Å². The number of carbonyl (C=O) groups excluding carboxylic acids is 1. The molecule has 9 nitrogen and oxygen atoms in total. The lowest BCUT2D eigenvalue weighted by molar-refractivity contribution is -0.129. The molecule has 2 aromatic heterocycles. The number of nitrogens with zero attached hydrogens (tertiary/aromatic N) is 6. The predicted molar refractivity (Wildman–Crippen MR) is 164 cm³/mol. The van der Waals surface area contributed by atoms with Gasteiger partial charge in [0.2, 0.25) is 0 Å². The molecule has 220 valence electrons. The van der Waals surface area contributed by atoms with E-state index in [4.69, 9.17) is 21.6 Å². The van der Waals surface area contributed by atoms with Crippen molar-refractivity contribution in [1.29, 1.82) is 5.26 Å². The normalized spacial score (nSPS) is 19.6. The van der Waals surface area contributed by atoms with Crippen LogP contribution < -0.4 is 10.1 Å². The number of benzene rings is 2. The van der Waals surface area contributed by atoms with Gasteiger partial charge in [-0.1, -0.05) is 41.9 Å². The first-order valence-corrected chi connectivity index (χ1v) is 14.7. The van der Waals surface area contributed by atoms with Crippen LogP contribution in [0.2, 0.25) is 5.02 Å². The molecule has 0 unspecified atom stereocenters. The highest BCUT2D eigenvalue weighted by molar-refractivity contribution is 6.36. The smallest absolute Gasteiger partial charge is 0.317 e. The van der Waals surface area contributed by atoms with Crippen LogP contribution in [-0.2, 0) is 4.79 Å². The fraction of sp³-hybridized carbons (Fsp3) is 0.344. The Kier molecular flexibility index (Phi) is 8.47. The van der Waals surface area contributed by atoms with Gasteiger partial charge in [0.25, 0.3) is 5.91 Å². The molecule has 1 N–H and O–H groups in total.